The van der Waals surface area contributed by atoms with E-state index in [1.54, 1.807) is 0 Å². The van der Waals surface area contributed by atoms with E-state index in [1.165, 1.54) is 12.1 Å². The molecule has 20 heavy (non-hydrogen) atoms. The highest BCUT2D eigenvalue weighted by molar-refractivity contribution is 9.10. The van der Waals surface area contributed by atoms with E-state index >= 15 is 0 Å². The average Bonchev–Trinajstić information content (AvgIpc) is 2.43. The number of nitrogens with zero attached hydrogens (tertiary/aromatic N) is 1. The summed E-state index contributed by atoms with van der Waals surface area (Å²) in [6.45, 7) is 5.18. The Kier molecular flexibility index (Phi) is 5.96. The number of rotatable bonds is 5. The molecule has 0 bridgehead atoms. The predicted molar refractivity (Wildman–Crippen MR) is 82.1 cm³/mol. The van der Waals surface area contributed by atoms with E-state index in [0.29, 0.717) is 6.54 Å². The van der Waals surface area contributed by atoms with Crippen molar-refractivity contribution in [3.63, 3.8) is 0 Å². The molecule has 2 rings (SSSR count). The first-order chi connectivity index (χ1) is 9.65. The normalized spacial score (nSPS) is 21.9. The SMILES string of the molecule is CCOC1CCCN(C(CN)c2ccc(F)cc2Br)C1. The number of piperidine rings is 1. The molecule has 2 atom stereocenters. The first-order valence-electron chi connectivity index (χ1n) is 7.16. The second-order valence-electron chi connectivity index (χ2n) is 5.13. The molecule has 1 fully saturated rings. The fourth-order valence-electron chi connectivity index (χ4n) is 2.87. The van der Waals surface area contributed by atoms with Crippen LogP contribution in [0.3, 0.4) is 0 Å². The van der Waals surface area contributed by atoms with E-state index in [-0.39, 0.29) is 18.0 Å². The molecule has 2 N–H and O–H groups in total. The van der Waals surface area contributed by atoms with Gasteiger partial charge in [-0.3, -0.25) is 4.90 Å². The maximum atomic E-state index is 13.2. The van der Waals surface area contributed by atoms with Crippen LogP contribution in [0.15, 0.2) is 22.7 Å². The largest absolute Gasteiger partial charge is 0.377 e. The van der Waals surface area contributed by atoms with Crippen LogP contribution in [0.25, 0.3) is 0 Å². The lowest BCUT2D eigenvalue weighted by atomic mass is 10.0. The summed E-state index contributed by atoms with van der Waals surface area (Å²) in [7, 11) is 0. The van der Waals surface area contributed by atoms with E-state index in [1.807, 2.05) is 13.0 Å². The highest BCUT2D eigenvalue weighted by atomic mass is 79.9. The minimum atomic E-state index is -0.234. The monoisotopic (exact) mass is 344 g/mol. The average molecular weight is 345 g/mol. The molecule has 1 aliphatic rings. The molecule has 112 valence electrons. The van der Waals surface area contributed by atoms with Gasteiger partial charge in [-0.05, 0) is 44.0 Å². The smallest absolute Gasteiger partial charge is 0.124 e. The summed E-state index contributed by atoms with van der Waals surface area (Å²) in [5.74, 6) is -0.234. The molecule has 0 spiro atoms. The minimum absolute atomic E-state index is 0.105. The summed E-state index contributed by atoms with van der Waals surface area (Å²) in [5.41, 5.74) is 7.01. The van der Waals surface area contributed by atoms with E-state index in [4.69, 9.17) is 10.5 Å². The van der Waals surface area contributed by atoms with Gasteiger partial charge in [-0.15, -0.1) is 0 Å². The van der Waals surface area contributed by atoms with Crippen LogP contribution in [-0.2, 0) is 4.74 Å². The third-order valence-corrected chi connectivity index (χ3v) is 4.48. The topological polar surface area (TPSA) is 38.5 Å². The molecule has 1 heterocycles. The summed E-state index contributed by atoms with van der Waals surface area (Å²) in [4.78, 5) is 2.35. The summed E-state index contributed by atoms with van der Waals surface area (Å²) >= 11 is 3.45. The van der Waals surface area contributed by atoms with Crippen molar-refractivity contribution >= 4 is 15.9 Å². The van der Waals surface area contributed by atoms with Gasteiger partial charge in [0.1, 0.15) is 5.82 Å². The summed E-state index contributed by atoms with van der Waals surface area (Å²) in [5, 5.41) is 0. The van der Waals surface area contributed by atoms with Crippen molar-refractivity contribution in [2.24, 2.45) is 5.73 Å². The highest BCUT2D eigenvalue weighted by Gasteiger charge is 2.27. The van der Waals surface area contributed by atoms with E-state index in [9.17, 15) is 4.39 Å². The molecule has 0 saturated carbocycles. The van der Waals surface area contributed by atoms with Crippen molar-refractivity contribution in [1.29, 1.82) is 0 Å². The van der Waals surface area contributed by atoms with Crippen molar-refractivity contribution in [3.05, 3.63) is 34.1 Å². The first kappa shape index (κ1) is 15.9. The Morgan fingerprint density at radius 3 is 3.00 bits per heavy atom. The molecule has 0 aliphatic carbocycles. The molecule has 0 aromatic heterocycles. The molecular formula is C15H22BrFN2O. The van der Waals surface area contributed by atoms with Gasteiger partial charge in [0.15, 0.2) is 0 Å². The molecular weight excluding hydrogens is 323 g/mol. The number of nitrogens with two attached hydrogens (primary N) is 1. The van der Waals surface area contributed by atoms with Crippen LogP contribution in [0.4, 0.5) is 4.39 Å². The van der Waals surface area contributed by atoms with Crippen molar-refractivity contribution in [2.45, 2.75) is 31.9 Å². The minimum Gasteiger partial charge on any atom is -0.377 e. The van der Waals surface area contributed by atoms with Crippen molar-refractivity contribution < 1.29 is 9.13 Å². The van der Waals surface area contributed by atoms with Gasteiger partial charge < -0.3 is 10.5 Å². The summed E-state index contributed by atoms with van der Waals surface area (Å²) in [6.07, 6.45) is 2.49. The third kappa shape index (κ3) is 3.79. The number of hydrogen-bond acceptors (Lipinski definition) is 3. The van der Waals surface area contributed by atoms with Gasteiger partial charge in [0, 0.05) is 30.2 Å². The number of hydrogen-bond donors (Lipinski definition) is 1. The first-order valence-corrected chi connectivity index (χ1v) is 7.95. The molecule has 1 aliphatic heterocycles. The zero-order valence-electron chi connectivity index (χ0n) is 11.8. The van der Waals surface area contributed by atoms with Crippen LogP contribution in [0.2, 0.25) is 0 Å². The maximum Gasteiger partial charge on any atom is 0.124 e. The molecule has 1 aromatic rings. The Labute approximate surface area is 128 Å². The van der Waals surface area contributed by atoms with Gasteiger partial charge in [0.2, 0.25) is 0 Å². The van der Waals surface area contributed by atoms with Crippen LogP contribution in [0.1, 0.15) is 31.4 Å². The molecule has 2 unspecified atom stereocenters. The Hall–Kier alpha value is -0.490. The summed E-state index contributed by atoms with van der Waals surface area (Å²) < 4.78 is 19.7. The number of ether oxygens (including phenoxy) is 1. The van der Waals surface area contributed by atoms with Gasteiger partial charge in [0.05, 0.1) is 6.10 Å². The molecule has 1 saturated heterocycles. The molecule has 5 heteroatoms. The van der Waals surface area contributed by atoms with Gasteiger partial charge in [-0.1, -0.05) is 22.0 Å². The van der Waals surface area contributed by atoms with Crippen LogP contribution >= 0.6 is 15.9 Å². The molecule has 3 nitrogen and oxygen atoms in total. The summed E-state index contributed by atoms with van der Waals surface area (Å²) in [6, 6.07) is 4.92. The van der Waals surface area contributed by atoms with Crippen LogP contribution in [-0.4, -0.2) is 37.2 Å². The van der Waals surface area contributed by atoms with E-state index < -0.39 is 0 Å². The standard InChI is InChI=1S/C15H22BrFN2O/c1-2-20-12-4-3-7-19(10-12)15(9-18)13-6-5-11(17)8-14(13)16/h5-6,8,12,15H,2-4,7,9-10,18H2,1H3. The maximum absolute atomic E-state index is 13.2. The Balaban J connectivity index is 2.14. The van der Waals surface area contributed by atoms with E-state index in [2.05, 4.69) is 20.8 Å². The van der Waals surface area contributed by atoms with Crippen LogP contribution in [0.5, 0.6) is 0 Å². The van der Waals surface area contributed by atoms with Crippen molar-refractivity contribution in [2.75, 3.05) is 26.2 Å². The number of likely N-dealkylation sites (tertiary alicyclic amines) is 1. The predicted octanol–water partition coefficient (Wildman–Crippen LogP) is 3.09. The lowest BCUT2D eigenvalue weighted by Gasteiger charge is -2.38. The quantitative estimate of drug-likeness (QED) is 0.891. The molecule has 0 amide bonds. The van der Waals surface area contributed by atoms with Crippen LogP contribution < -0.4 is 5.73 Å². The number of benzene rings is 1. The van der Waals surface area contributed by atoms with Crippen molar-refractivity contribution in [1.82, 2.24) is 4.90 Å². The zero-order chi connectivity index (χ0) is 14.5. The lowest BCUT2D eigenvalue weighted by molar-refractivity contribution is -0.00669. The Bertz CT molecular complexity index is 442. The third-order valence-electron chi connectivity index (χ3n) is 3.80. The van der Waals surface area contributed by atoms with Gasteiger partial charge in [-0.25, -0.2) is 4.39 Å². The van der Waals surface area contributed by atoms with E-state index in [0.717, 1.165) is 42.6 Å². The zero-order valence-corrected chi connectivity index (χ0v) is 13.4. The highest BCUT2D eigenvalue weighted by Crippen LogP contribution is 2.30. The molecule has 1 aromatic carbocycles. The van der Waals surface area contributed by atoms with Gasteiger partial charge in [-0.2, -0.15) is 0 Å². The Morgan fingerprint density at radius 1 is 1.55 bits per heavy atom. The van der Waals surface area contributed by atoms with Crippen molar-refractivity contribution in [3.8, 4) is 0 Å². The fourth-order valence-corrected chi connectivity index (χ4v) is 3.48. The fraction of sp³-hybridized carbons (Fsp3) is 0.600. The Morgan fingerprint density at radius 2 is 2.35 bits per heavy atom. The second-order valence-corrected chi connectivity index (χ2v) is 5.99. The second kappa shape index (κ2) is 7.50. The molecule has 0 radical (unpaired) electrons. The van der Waals surface area contributed by atoms with Gasteiger partial charge >= 0.3 is 0 Å². The lowest BCUT2D eigenvalue weighted by Crippen LogP contribution is -2.44. The number of halogens is 2. The van der Waals surface area contributed by atoms with Gasteiger partial charge in [0.25, 0.3) is 0 Å². The van der Waals surface area contributed by atoms with Crippen LogP contribution in [0, 0.1) is 5.82 Å².